The fraction of sp³-hybridized carbons (Fsp3) is 0.500. The molecule has 122 valence electrons. The summed E-state index contributed by atoms with van der Waals surface area (Å²) in [6.07, 6.45) is -5.63. The van der Waals surface area contributed by atoms with Crippen molar-refractivity contribution in [2.45, 2.75) is 31.2 Å². The van der Waals surface area contributed by atoms with Gasteiger partial charge in [0.15, 0.2) is 0 Å². The van der Waals surface area contributed by atoms with Crippen LogP contribution in [0.3, 0.4) is 0 Å². The van der Waals surface area contributed by atoms with Crippen molar-refractivity contribution >= 4 is 17.5 Å². The predicted octanol–water partition coefficient (Wildman–Crippen LogP) is 2.32. The van der Waals surface area contributed by atoms with Crippen molar-refractivity contribution in [1.29, 1.82) is 0 Å². The number of amides is 1. The maximum absolute atomic E-state index is 12.7. The summed E-state index contributed by atoms with van der Waals surface area (Å²) in [6.45, 7) is 1.39. The average molecular weight is 338 g/mol. The molecule has 1 aromatic carbocycles. The Labute approximate surface area is 130 Å². The minimum atomic E-state index is -4.58. The van der Waals surface area contributed by atoms with Crippen LogP contribution < -0.4 is 0 Å². The molecule has 1 aromatic rings. The highest BCUT2D eigenvalue weighted by atomic mass is 35.5. The maximum atomic E-state index is 12.7. The Kier molecular flexibility index (Phi) is 4.43. The summed E-state index contributed by atoms with van der Waals surface area (Å²) in [5.74, 6) is -0.703. The molecular weight excluding hydrogens is 323 g/mol. The molecule has 2 atom stereocenters. The molecule has 8 heteroatoms. The molecule has 1 saturated heterocycles. The lowest BCUT2D eigenvalue weighted by Gasteiger charge is -2.40. The van der Waals surface area contributed by atoms with E-state index in [9.17, 15) is 28.2 Å². The zero-order valence-electron chi connectivity index (χ0n) is 11.7. The number of carbonyl (C=O) groups is 1. The van der Waals surface area contributed by atoms with Gasteiger partial charge in [0.25, 0.3) is 5.91 Å². The number of aliphatic hydroxyl groups excluding tert-OH is 1. The van der Waals surface area contributed by atoms with E-state index in [0.29, 0.717) is 6.07 Å². The monoisotopic (exact) mass is 337 g/mol. The van der Waals surface area contributed by atoms with E-state index in [0.717, 1.165) is 12.1 Å². The maximum Gasteiger partial charge on any atom is 0.416 e. The number of rotatable bonds is 1. The first kappa shape index (κ1) is 17.1. The lowest BCUT2D eigenvalue weighted by atomic mass is 9.90. The second-order valence-corrected chi connectivity index (χ2v) is 5.97. The van der Waals surface area contributed by atoms with Gasteiger partial charge in [-0.25, -0.2) is 0 Å². The summed E-state index contributed by atoms with van der Waals surface area (Å²) in [5.41, 5.74) is -2.57. The van der Waals surface area contributed by atoms with Crippen molar-refractivity contribution in [1.82, 2.24) is 4.90 Å². The lowest BCUT2D eigenvalue weighted by Crippen LogP contribution is -2.55. The van der Waals surface area contributed by atoms with Gasteiger partial charge in [0.2, 0.25) is 0 Å². The Morgan fingerprint density at radius 1 is 1.45 bits per heavy atom. The molecule has 2 N–H and O–H groups in total. The Hall–Kier alpha value is -1.31. The highest BCUT2D eigenvalue weighted by molar-refractivity contribution is 6.33. The summed E-state index contributed by atoms with van der Waals surface area (Å²) in [7, 11) is 0. The molecule has 4 nitrogen and oxygen atoms in total. The summed E-state index contributed by atoms with van der Waals surface area (Å²) in [6, 6.07) is 2.52. The van der Waals surface area contributed by atoms with Crippen LogP contribution in [0.15, 0.2) is 18.2 Å². The van der Waals surface area contributed by atoms with Crippen LogP contribution in [-0.4, -0.2) is 45.8 Å². The molecule has 0 aromatic heterocycles. The van der Waals surface area contributed by atoms with Crippen LogP contribution in [0.5, 0.6) is 0 Å². The van der Waals surface area contributed by atoms with E-state index in [1.807, 2.05) is 0 Å². The topological polar surface area (TPSA) is 60.8 Å². The van der Waals surface area contributed by atoms with Gasteiger partial charge in [-0.15, -0.1) is 0 Å². The summed E-state index contributed by atoms with van der Waals surface area (Å²) in [4.78, 5) is 13.5. The number of halogens is 4. The van der Waals surface area contributed by atoms with Crippen LogP contribution in [0, 0.1) is 0 Å². The van der Waals surface area contributed by atoms with Crippen molar-refractivity contribution in [2.24, 2.45) is 0 Å². The van der Waals surface area contributed by atoms with Crippen molar-refractivity contribution < 1.29 is 28.2 Å². The van der Waals surface area contributed by atoms with Gasteiger partial charge in [-0.3, -0.25) is 4.79 Å². The second kappa shape index (κ2) is 5.72. The molecule has 1 heterocycles. The number of β-amino-alcohol motifs (C(OH)–C–C–N with tert-alkyl or cyclic N) is 1. The number of nitrogens with zero attached hydrogens (tertiary/aromatic N) is 1. The van der Waals surface area contributed by atoms with Gasteiger partial charge in [0, 0.05) is 13.1 Å². The minimum Gasteiger partial charge on any atom is -0.388 e. The van der Waals surface area contributed by atoms with Gasteiger partial charge in [-0.1, -0.05) is 11.6 Å². The molecule has 1 aliphatic heterocycles. The van der Waals surface area contributed by atoms with E-state index in [2.05, 4.69) is 0 Å². The zero-order valence-corrected chi connectivity index (χ0v) is 12.4. The first-order chi connectivity index (χ1) is 10.0. The fourth-order valence-electron chi connectivity index (χ4n) is 2.24. The first-order valence-corrected chi connectivity index (χ1v) is 6.96. The van der Waals surface area contributed by atoms with Crippen LogP contribution in [-0.2, 0) is 6.18 Å². The van der Waals surface area contributed by atoms with E-state index in [-0.39, 0.29) is 30.1 Å². The second-order valence-electron chi connectivity index (χ2n) is 5.57. The lowest BCUT2D eigenvalue weighted by molar-refractivity contribution is -0.137. The van der Waals surface area contributed by atoms with Gasteiger partial charge in [0.1, 0.15) is 0 Å². The number of piperidine rings is 1. The third-order valence-electron chi connectivity index (χ3n) is 3.81. The Balaban J connectivity index is 2.27. The van der Waals surface area contributed by atoms with Gasteiger partial charge >= 0.3 is 6.18 Å². The SMILES string of the molecule is C[C@@]1(O)CCN(C(=O)c2cc(C(F)(F)F)ccc2Cl)C[C@@H]1O. The van der Waals surface area contributed by atoms with Crippen LogP contribution >= 0.6 is 11.6 Å². The van der Waals surface area contributed by atoms with Crippen LogP contribution in [0.4, 0.5) is 13.2 Å². The largest absolute Gasteiger partial charge is 0.416 e. The van der Waals surface area contributed by atoms with Gasteiger partial charge < -0.3 is 15.1 Å². The summed E-state index contributed by atoms with van der Waals surface area (Å²) in [5, 5.41) is 19.6. The number of aliphatic hydroxyl groups is 2. The summed E-state index contributed by atoms with van der Waals surface area (Å²) < 4.78 is 38.2. The number of hydrogen-bond donors (Lipinski definition) is 2. The predicted molar refractivity (Wildman–Crippen MR) is 73.6 cm³/mol. The minimum absolute atomic E-state index is 0.0928. The normalized spacial score (nSPS) is 26.1. The van der Waals surface area contributed by atoms with Crippen LogP contribution in [0.2, 0.25) is 5.02 Å². The van der Waals surface area contributed by atoms with Crippen molar-refractivity contribution in [3.05, 3.63) is 34.3 Å². The average Bonchev–Trinajstić information content (AvgIpc) is 2.40. The Bertz CT molecular complexity index is 589. The number of benzene rings is 1. The Morgan fingerprint density at radius 3 is 2.64 bits per heavy atom. The third-order valence-corrected chi connectivity index (χ3v) is 4.14. The molecule has 0 saturated carbocycles. The highest BCUT2D eigenvalue weighted by Crippen LogP contribution is 2.33. The smallest absolute Gasteiger partial charge is 0.388 e. The third kappa shape index (κ3) is 3.37. The van der Waals surface area contributed by atoms with Gasteiger partial charge in [-0.2, -0.15) is 13.2 Å². The molecule has 0 unspecified atom stereocenters. The van der Waals surface area contributed by atoms with Crippen LogP contribution in [0.25, 0.3) is 0 Å². The van der Waals surface area contributed by atoms with Gasteiger partial charge in [0.05, 0.1) is 27.9 Å². The van der Waals surface area contributed by atoms with E-state index in [1.165, 1.54) is 11.8 Å². The molecule has 1 amide bonds. The highest BCUT2D eigenvalue weighted by Gasteiger charge is 2.39. The zero-order chi connectivity index (χ0) is 16.7. The molecule has 0 spiro atoms. The molecule has 2 rings (SSSR count). The quantitative estimate of drug-likeness (QED) is 0.826. The standard InChI is InChI=1S/C14H15ClF3NO3/c1-13(22)4-5-19(7-11(13)20)12(21)9-6-8(14(16,17)18)2-3-10(9)15/h2-3,6,11,20,22H,4-5,7H2,1H3/t11-,13+/m0/s1. The number of carbonyl (C=O) groups excluding carboxylic acids is 1. The molecule has 0 aliphatic carbocycles. The van der Waals surface area contributed by atoms with Crippen LogP contribution in [0.1, 0.15) is 29.3 Å². The summed E-state index contributed by atoms with van der Waals surface area (Å²) >= 11 is 5.83. The number of alkyl halides is 3. The van der Waals surface area contributed by atoms with E-state index >= 15 is 0 Å². The molecule has 0 radical (unpaired) electrons. The van der Waals surface area contributed by atoms with E-state index in [4.69, 9.17) is 11.6 Å². The first-order valence-electron chi connectivity index (χ1n) is 6.59. The van der Waals surface area contributed by atoms with Gasteiger partial charge in [-0.05, 0) is 31.5 Å². The molecular formula is C14H15ClF3NO3. The molecule has 0 bridgehead atoms. The van der Waals surface area contributed by atoms with Crippen molar-refractivity contribution in [3.8, 4) is 0 Å². The number of hydrogen-bond acceptors (Lipinski definition) is 3. The Morgan fingerprint density at radius 2 is 2.09 bits per heavy atom. The molecule has 1 fully saturated rings. The molecule has 1 aliphatic rings. The van der Waals surface area contributed by atoms with Crippen molar-refractivity contribution in [2.75, 3.05) is 13.1 Å². The fourth-order valence-corrected chi connectivity index (χ4v) is 2.44. The van der Waals surface area contributed by atoms with Crippen molar-refractivity contribution in [3.63, 3.8) is 0 Å². The van der Waals surface area contributed by atoms with E-state index < -0.39 is 29.4 Å². The number of likely N-dealkylation sites (tertiary alicyclic amines) is 1. The molecule has 22 heavy (non-hydrogen) atoms. The van der Waals surface area contributed by atoms with E-state index in [1.54, 1.807) is 0 Å².